The third-order valence-corrected chi connectivity index (χ3v) is 2.29. The van der Waals surface area contributed by atoms with Gasteiger partial charge in [0, 0.05) is 5.69 Å². The van der Waals surface area contributed by atoms with E-state index in [0.29, 0.717) is 12.3 Å². The van der Waals surface area contributed by atoms with Gasteiger partial charge >= 0.3 is 5.97 Å². The van der Waals surface area contributed by atoms with Crippen molar-refractivity contribution in [1.29, 1.82) is 0 Å². The maximum absolute atomic E-state index is 11.3. The molecule has 0 saturated heterocycles. The summed E-state index contributed by atoms with van der Waals surface area (Å²) in [5.41, 5.74) is 7.76. The Morgan fingerprint density at radius 2 is 2.25 bits per heavy atom. The third kappa shape index (κ3) is 3.24. The van der Waals surface area contributed by atoms with Crippen LogP contribution in [0.1, 0.15) is 31.1 Å². The number of aliphatic hydroxyl groups excluding tert-OH is 1. The lowest BCUT2D eigenvalue weighted by atomic mass is 10.0. The molecule has 4 heteroatoms. The highest BCUT2D eigenvalue weighted by atomic mass is 16.5. The number of hydrogen-bond donors (Lipinski definition) is 2. The summed E-state index contributed by atoms with van der Waals surface area (Å²) in [6.45, 7) is 3.79. The highest BCUT2D eigenvalue weighted by molar-refractivity contribution is 5.75. The van der Waals surface area contributed by atoms with E-state index in [1.54, 1.807) is 32.0 Å². The maximum atomic E-state index is 11.3. The number of nitrogen functional groups attached to an aromatic ring is 1. The summed E-state index contributed by atoms with van der Waals surface area (Å²) in [5.74, 6) is -0.293. The zero-order valence-corrected chi connectivity index (χ0v) is 9.56. The molecule has 1 unspecified atom stereocenters. The topological polar surface area (TPSA) is 72.5 Å². The first-order valence-corrected chi connectivity index (χ1v) is 5.26. The van der Waals surface area contributed by atoms with E-state index in [1.807, 2.05) is 0 Å². The Kier molecular flexibility index (Phi) is 4.31. The number of rotatable bonds is 4. The van der Waals surface area contributed by atoms with Crippen molar-refractivity contribution in [2.75, 3.05) is 12.3 Å². The molecule has 0 radical (unpaired) electrons. The second-order valence-electron chi connectivity index (χ2n) is 3.62. The molecule has 1 atom stereocenters. The number of carbonyl (C=O) groups excluding carboxylic acids is 1. The van der Waals surface area contributed by atoms with Crippen LogP contribution in [0.5, 0.6) is 0 Å². The van der Waals surface area contributed by atoms with Crippen LogP contribution in [0.25, 0.3) is 0 Å². The Labute approximate surface area is 95.0 Å². The summed E-state index contributed by atoms with van der Waals surface area (Å²) in [4.78, 5) is 11.3. The molecule has 1 rings (SSSR count). The first-order chi connectivity index (χ1) is 7.54. The van der Waals surface area contributed by atoms with E-state index in [4.69, 9.17) is 10.5 Å². The fourth-order valence-corrected chi connectivity index (χ4v) is 1.40. The molecule has 1 aromatic rings. The number of nitrogens with two attached hydrogens (primary N) is 1. The van der Waals surface area contributed by atoms with Gasteiger partial charge < -0.3 is 15.6 Å². The lowest BCUT2D eigenvalue weighted by molar-refractivity contribution is -0.142. The van der Waals surface area contributed by atoms with Crippen LogP contribution in [-0.4, -0.2) is 17.7 Å². The fraction of sp³-hybridized carbons (Fsp3) is 0.417. The van der Waals surface area contributed by atoms with E-state index >= 15 is 0 Å². The minimum absolute atomic E-state index is 0.166. The average Bonchev–Trinajstić information content (AvgIpc) is 2.21. The molecule has 88 valence electrons. The predicted octanol–water partition coefficient (Wildman–Crippen LogP) is 1.43. The van der Waals surface area contributed by atoms with Crippen molar-refractivity contribution in [1.82, 2.24) is 0 Å². The van der Waals surface area contributed by atoms with Gasteiger partial charge in [0.2, 0.25) is 0 Å². The second kappa shape index (κ2) is 5.51. The molecule has 0 fully saturated rings. The van der Waals surface area contributed by atoms with Gasteiger partial charge in [0.05, 0.1) is 19.1 Å². The number of hydrogen-bond acceptors (Lipinski definition) is 4. The highest BCUT2D eigenvalue weighted by Crippen LogP contribution is 2.19. The van der Waals surface area contributed by atoms with Gasteiger partial charge in [-0.15, -0.1) is 0 Å². The molecule has 0 aromatic heterocycles. The molecule has 3 N–H and O–H groups in total. The molecule has 0 aliphatic carbocycles. The van der Waals surface area contributed by atoms with Crippen LogP contribution in [0, 0.1) is 0 Å². The van der Waals surface area contributed by atoms with Crippen molar-refractivity contribution < 1.29 is 14.6 Å². The second-order valence-corrected chi connectivity index (χ2v) is 3.62. The smallest absolute Gasteiger partial charge is 0.310 e. The zero-order valence-electron chi connectivity index (χ0n) is 9.56. The lowest BCUT2D eigenvalue weighted by Crippen LogP contribution is -2.09. The van der Waals surface area contributed by atoms with Crippen LogP contribution in [-0.2, 0) is 16.0 Å². The number of benzene rings is 1. The summed E-state index contributed by atoms with van der Waals surface area (Å²) >= 11 is 0. The van der Waals surface area contributed by atoms with Crippen molar-refractivity contribution in [2.45, 2.75) is 26.4 Å². The minimum atomic E-state index is -0.557. The molecule has 4 nitrogen and oxygen atoms in total. The first-order valence-electron chi connectivity index (χ1n) is 5.26. The molecule has 0 aliphatic heterocycles. The van der Waals surface area contributed by atoms with Crippen molar-refractivity contribution >= 4 is 11.7 Å². The largest absolute Gasteiger partial charge is 0.466 e. The van der Waals surface area contributed by atoms with E-state index in [9.17, 15) is 9.90 Å². The number of ether oxygens (including phenoxy) is 1. The minimum Gasteiger partial charge on any atom is -0.466 e. The normalized spacial score (nSPS) is 12.2. The Hall–Kier alpha value is -1.55. The molecule has 1 aromatic carbocycles. The number of carbonyl (C=O) groups is 1. The Bertz CT molecular complexity index is 375. The standard InChI is InChI=1S/C12H17NO3/c1-3-16-12(15)7-10-5-4-9(8(2)14)6-11(10)13/h4-6,8,14H,3,7,13H2,1-2H3. The van der Waals surface area contributed by atoms with Gasteiger partial charge in [-0.3, -0.25) is 4.79 Å². The molecule has 0 aliphatic rings. The Morgan fingerprint density at radius 1 is 1.56 bits per heavy atom. The van der Waals surface area contributed by atoms with Crippen LogP contribution in [0.4, 0.5) is 5.69 Å². The Balaban J connectivity index is 2.79. The van der Waals surface area contributed by atoms with E-state index in [-0.39, 0.29) is 12.4 Å². The molecule has 0 bridgehead atoms. The lowest BCUT2D eigenvalue weighted by Gasteiger charge is -2.09. The summed E-state index contributed by atoms with van der Waals surface area (Å²) in [7, 11) is 0. The number of esters is 1. The molecular weight excluding hydrogens is 206 g/mol. The van der Waals surface area contributed by atoms with E-state index in [1.165, 1.54) is 0 Å². The Morgan fingerprint density at radius 3 is 2.75 bits per heavy atom. The van der Waals surface area contributed by atoms with Gasteiger partial charge in [0.25, 0.3) is 0 Å². The third-order valence-electron chi connectivity index (χ3n) is 2.29. The summed E-state index contributed by atoms with van der Waals surface area (Å²) in [6.07, 6.45) is -0.390. The highest BCUT2D eigenvalue weighted by Gasteiger charge is 2.09. The fourth-order valence-electron chi connectivity index (χ4n) is 1.40. The van der Waals surface area contributed by atoms with Crippen LogP contribution in [0.3, 0.4) is 0 Å². The van der Waals surface area contributed by atoms with Crippen LogP contribution < -0.4 is 5.73 Å². The summed E-state index contributed by atoms with van der Waals surface area (Å²) in [6, 6.07) is 5.18. The number of anilines is 1. The number of aliphatic hydroxyl groups is 1. The first kappa shape index (κ1) is 12.5. The van der Waals surface area contributed by atoms with Crippen molar-refractivity contribution in [2.24, 2.45) is 0 Å². The summed E-state index contributed by atoms with van der Waals surface area (Å²) < 4.78 is 4.83. The quantitative estimate of drug-likeness (QED) is 0.598. The van der Waals surface area contributed by atoms with Gasteiger partial charge in [0.15, 0.2) is 0 Å². The van der Waals surface area contributed by atoms with Gasteiger partial charge in [0.1, 0.15) is 0 Å². The average molecular weight is 223 g/mol. The molecular formula is C12H17NO3. The van der Waals surface area contributed by atoms with Gasteiger partial charge in [-0.25, -0.2) is 0 Å². The molecule has 0 saturated carbocycles. The zero-order chi connectivity index (χ0) is 12.1. The van der Waals surface area contributed by atoms with E-state index < -0.39 is 6.10 Å². The van der Waals surface area contributed by atoms with Crippen molar-refractivity contribution in [3.05, 3.63) is 29.3 Å². The van der Waals surface area contributed by atoms with Gasteiger partial charge in [-0.05, 0) is 31.0 Å². The molecule has 0 amide bonds. The van der Waals surface area contributed by atoms with Gasteiger partial charge in [-0.2, -0.15) is 0 Å². The van der Waals surface area contributed by atoms with E-state index in [0.717, 1.165) is 11.1 Å². The van der Waals surface area contributed by atoms with Crippen LogP contribution in [0.15, 0.2) is 18.2 Å². The van der Waals surface area contributed by atoms with Crippen LogP contribution >= 0.6 is 0 Å². The van der Waals surface area contributed by atoms with Gasteiger partial charge in [-0.1, -0.05) is 12.1 Å². The molecule has 0 heterocycles. The van der Waals surface area contributed by atoms with Crippen LogP contribution in [0.2, 0.25) is 0 Å². The molecule has 16 heavy (non-hydrogen) atoms. The predicted molar refractivity (Wildman–Crippen MR) is 61.8 cm³/mol. The summed E-state index contributed by atoms with van der Waals surface area (Å²) in [5, 5.41) is 9.36. The molecule has 0 spiro atoms. The van der Waals surface area contributed by atoms with E-state index in [2.05, 4.69) is 0 Å². The van der Waals surface area contributed by atoms with Crippen molar-refractivity contribution in [3.8, 4) is 0 Å². The maximum Gasteiger partial charge on any atom is 0.310 e. The van der Waals surface area contributed by atoms with Crippen molar-refractivity contribution in [3.63, 3.8) is 0 Å². The SMILES string of the molecule is CCOC(=O)Cc1ccc(C(C)O)cc1N. The monoisotopic (exact) mass is 223 g/mol.